The molecule has 20 heavy (non-hydrogen) atoms. The van der Waals surface area contributed by atoms with Crippen molar-refractivity contribution < 1.29 is 9.47 Å². The molecule has 1 aliphatic rings. The van der Waals surface area contributed by atoms with E-state index in [0.29, 0.717) is 13.2 Å². The van der Waals surface area contributed by atoms with Gasteiger partial charge in [-0.3, -0.25) is 0 Å². The van der Waals surface area contributed by atoms with Crippen molar-refractivity contribution in [1.82, 2.24) is 5.32 Å². The van der Waals surface area contributed by atoms with Crippen LogP contribution in [0.15, 0.2) is 12.1 Å². The molecule has 1 aliphatic carbocycles. The standard InChI is InChI=1S/C17H27NO2/c1-12(2)19-7-8-20-17-13(3)9-15(10-14(17)4)11-18-16-5-6-16/h9-10,12,16,18H,5-8,11H2,1-4H3. The lowest BCUT2D eigenvalue weighted by molar-refractivity contribution is 0.0550. The molecule has 0 saturated heterocycles. The van der Waals surface area contributed by atoms with Gasteiger partial charge in [-0.2, -0.15) is 0 Å². The fourth-order valence-corrected chi connectivity index (χ4v) is 2.35. The van der Waals surface area contributed by atoms with E-state index in [1.165, 1.54) is 29.5 Å². The van der Waals surface area contributed by atoms with Crippen LogP contribution in [-0.4, -0.2) is 25.4 Å². The van der Waals surface area contributed by atoms with Crippen LogP contribution in [0.4, 0.5) is 0 Å². The molecule has 0 bridgehead atoms. The molecule has 1 aromatic carbocycles. The molecule has 0 spiro atoms. The molecule has 0 aliphatic heterocycles. The molecule has 3 heteroatoms. The number of aryl methyl sites for hydroxylation is 2. The van der Waals surface area contributed by atoms with Crippen molar-refractivity contribution in [2.45, 2.75) is 59.2 Å². The highest BCUT2D eigenvalue weighted by Crippen LogP contribution is 2.26. The van der Waals surface area contributed by atoms with Crippen LogP contribution in [0.3, 0.4) is 0 Å². The number of hydrogen-bond acceptors (Lipinski definition) is 3. The second-order valence-corrected chi connectivity index (χ2v) is 5.98. The monoisotopic (exact) mass is 277 g/mol. The van der Waals surface area contributed by atoms with Gasteiger partial charge in [0.05, 0.1) is 12.7 Å². The third-order valence-electron chi connectivity index (χ3n) is 3.47. The summed E-state index contributed by atoms with van der Waals surface area (Å²) in [5.74, 6) is 1.01. The molecule has 1 aromatic rings. The highest BCUT2D eigenvalue weighted by atomic mass is 16.5. The van der Waals surface area contributed by atoms with Gasteiger partial charge in [0.1, 0.15) is 12.4 Å². The predicted octanol–water partition coefficient (Wildman–Crippen LogP) is 3.36. The summed E-state index contributed by atoms with van der Waals surface area (Å²) in [6.45, 7) is 10.5. The first-order valence-corrected chi connectivity index (χ1v) is 7.64. The third kappa shape index (κ3) is 4.80. The van der Waals surface area contributed by atoms with Gasteiger partial charge < -0.3 is 14.8 Å². The molecular formula is C17H27NO2. The van der Waals surface area contributed by atoms with E-state index in [-0.39, 0.29) is 6.10 Å². The molecule has 1 N–H and O–H groups in total. The van der Waals surface area contributed by atoms with E-state index in [1.54, 1.807) is 0 Å². The first-order valence-electron chi connectivity index (χ1n) is 7.64. The lowest BCUT2D eigenvalue weighted by Gasteiger charge is -2.15. The van der Waals surface area contributed by atoms with Crippen LogP contribution >= 0.6 is 0 Å². The normalized spacial score (nSPS) is 14.8. The summed E-state index contributed by atoms with van der Waals surface area (Å²) >= 11 is 0. The summed E-state index contributed by atoms with van der Waals surface area (Å²) in [4.78, 5) is 0. The lowest BCUT2D eigenvalue weighted by atomic mass is 10.1. The maximum Gasteiger partial charge on any atom is 0.125 e. The highest BCUT2D eigenvalue weighted by molar-refractivity contribution is 5.43. The van der Waals surface area contributed by atoms with Gasteiger partial charge in [-0.1, -0.05) is 12.1 Å². The van der Waals surface area contributed by atoms with E-state index in [4.69, 9.17) is 9.47 Å². The maximum absolute atomic E-state index is 5.87. The van der Waals surface area contributed by atoms with Crippen LogP contribution in [0, 0.1) is 13.8 Å². The van der Waals surface area contributed by atoms with E-state index < -0.39 is 0 Å². The molecule has 0 unspecified atom stereocenters. The smallest absolute Gasteiger partial charge is 0.125 e. The zero-order valence-corrected chi connectivity index (χ0v) is 13.2. The van der Waals surface area contributed by atoms with Gasteiger partial charge in [-0.05, 0) is 57.2 Å². The van der Waals surface area contributed by atoms with Crippen molar-refractivity contribution >= 4 is 0 Å². The lowest BCUT2D eigenvalue weighted by Crippen LogP contribution is -2.16. The Labute approximate surface area is 122 Å². The maximum atomic E-state index is 5.87. The summed E-state index contributed by atoms with van der Waals surface area (Å²) in [7, 11) is 0. The van der Waals surface area contributed by atoms with Crippen LogP contribution in [0.1, 0.15) is 43.4 Å². The summed E-state index contributed by atoms with van der Waals surface area (Å²) in [6, 6.07) is 5.20. The van der Waals surface area contributed by atoms with E-state index in [1.807, 2.05) is 13.8 Å². The molecule has 1 saturated carbocycles. The number of nitrogens with one attached hydrogen (secondary N) is 1. The van der Waals surface area contributed by atoms with Gasteiger partial charge in [0.15, 0.2) is 0 Å². The van der Waals surface area contributed by atoms with Crippen molar-refractivity contribution in [3.05, 3.63) is 28.8 Å². The molecule has 2 rings (SSSR count). The number of benzene rings is 1. The first-order chi connectivity index (χ1) is 9.56. The van der Waals surface area contributed by atoms with Crippen molar-refractivity contribution in [3.8, 4) is 5.75 Å². The van der Waals surface area contributed by atoms with Crippen LogP contribution in [0.25, 0.3) is 0 Å². The second kappa shape index (κ2) is 7.09. The minimum atomic E-state index is 0.261. The molecule has 112 valence electrons. The van der Waals surface area contributed by atoms with Gasteiger partial charge >= 0.3 is 0 Å². The summed E-state index contributed by atoms with van der Waals surface area (Å²) in [5.41, 5.74) is 3.77. The highest BCUT2D eigenvalue weighted by Gasteiger charge is 2.20. The van der Waals surface area contributed by atoms with Gasteiger partial charge in [0.2, 0.25) is 0 Å². The van der Waals surface area contributed by atoms with Crippen LogP contribution in [-0.2, 0) is 11.3 Å². The third-order valence-corrected chi connectivity index (χ3v) is 3.47. The average molecular weight is 277 g/mol. The minimum Gasteiger partial charge on any atom is -0.491 e. The van der Waals surface area contributed by atoms with E-state index >= 15 is 0 Å². The second-order valence-electron chi connectivity index (χ2n) is 5.98. The number of rotatable bonds is 8. The molecular weight excluding hydrogens is 250 g/mol. The molecule has 1 fully saturated rings. The average Bonchev–Trinajstić information content (AvgIpc) is 3.18. The Kier molecular flexibility index (Phi) is 5.44. The minimum absolute atomic E-state index is 0.261. The van der Waals surface area contributed by atoms with Gasteiger partial charge in [0, 0.05) is 12.6 Å². The molecule has 0 heterocycles. The summed E-state index contributed by atoms with van der Waals surface area (Å²) in [5, 5.41) is 3.55. The molecule has 0 amide bonds. The zero-order chi connectivity index (χ0) is 14.5. The Morgan fingerprint density at radius 2 is 1.80 bits per heavy atom. The van der Waals surface area contributed by atoms with Gasteiger partial charge in [0.25, 0.3) is 0 Å². The van der Waals surface area contributed by atoms with Crippen LogP contribution in [0.5, 0.6) is 5.75 Å². The summed E-state index contributed by atoms with van der Waals surface area (Å²) < 4.78 is 11.4. The Morgan fingerprint density at radius 1 is 1.15 bits per heavy atom. The van der Waals surface area contributed by atoms with Crippen molar-refractivity contribution in [1.29, 1.82) is 0 Å². The predicted molar refractivity (Wildman–Crippen MR) is 82.4 cm³/mol. The van der Waals surface area contributed by atoms with E-state index in [0.717, 1.165) is 18.3 Å². The van der Waals surface area contributed by atoms with Crippen LogP contribution in [0.2, 0.25) is 0 Å². The van der Waals surface area contributed by atoms with E-state index in [2.05, 4.69) is 31.3 Å². The first kappa shape index (κ1) is 15.3. The Morgan fingerprint density at radius 3 is 2.35 bits per heavy atom. The molecule has 0 radical (unpaired) electrons. The molecule has 0 atom stereocenters. The van der Waals surface area contributed by atoms with E-state index in [9.17, 15) is 0 Å². The van der Waals surface area contributed by atoms with Gasteiger partial charge in [-0.25, -0.2) is 0 Å². The Hall–Kier alpha value is -1.06. The zero-order valence-electron chi connectivity index (χ0n) is 13.2. The SMILES string of the molecule is Cc1cc(CNC2CC2)cc(C)c1OCCOC(C)C. The Bertz CT molecular complexity index is 416. The van der Waals surface area contributed by atoms with Crippen molar-refractivity contribution in [3.63, 3.8) is 0 Å². The summed E-state index contributed by atoms with van der Waals surface area (Å²) in [6.07, 6.45) is 2.92. The topological polar surface area (TPSA) is 30.5 Å². The fourth-order valence-electron chi connectivity index (χ4n) is 2.35. The van der Waals surface area contributed by atoms with Crippen LogP contribution < -0.4 is 10.1 Å². The van der Waals surface area contributed by atoms with Crippen molar-refractivity contribution in [2.24, 2.45) is 0 Å². The fraction of sp³-hybridized carbons (Fsp3) is 0.647. The number of hydrogen-bond donors (Lipinski definition) is 1. The quantitative estimate of drug-likeness (QED) is 0.739. The number of ether oxygens (including phenoxy) is 2. The molecule has 3 nitrogen and oxygen atoms in total. The largest absolute Gasteiger partial charge is 0.491 e. The molecule has 0 aromatic heterocycles. The van der Waals surface area contributed by atoms with Crippen molar-refractivity contribution in [2.75, 3.05) is 13.2 Å². The Balaban J connectivity index is 1.87. The van der Waals surface area contributed by atoms with Gasteiger partial charge in [-0.15, -0.1) is 0 Å².